The van der Waals surface area contributed by atoms with Crippen molar-refractivity contribution in [2.75, 3.05) is 19.8 Å². The Balaban J connectivity index is 2.52. The zero-order chi connectivity index (χ0) is 17.9. The molecule has 0 unspecified atom stereocenters. The van der Waals surface area contributed by atoms with Crippen molar-refractivity contribution in [1.29, 1.82) is 0 Å². The lowest BCUT2D eigenvalue weighted by molar-refractivity contribution is 0.0465. The highest BCUT2D eigenvalue weighted by Crippen LogP contribution is 2.13. The molecule has 1 radical (unpaired) electrons. The van der Waals surface area contributed by atoms with Crippen LogP contribution in [0, 0.1) is 0 Å². The summed E-state index contributed by atoms with van der Waals surface area (Å²) >= 11 is 0. The Hall–Kier alpha value is -1.92. The van der Waals surface area contributed by atoms with Crippen LogP contribution >= 0.6 is 0 Å². The van der Waals surface area contributed by atoms with E-state index in [-0.39, 0.29) is 17.7 Å². The van der Waals surface area contributed by atoms with Gasteiger partial charge in [0.25, 0.3) is 0 Å². The van der Waals surface area contributed by atoms with Gasteiger partial charge in [0.2, 0.25) is 9.04 Å². The van der Waals surface area contributed by atoms with E-state index >= 15 is 0 Å². The molecule has 0 amide bonds. The summed E-state index contributed by atoms with van der Waals surface area (Å²) in [6.07, 6.45) is 1.56. The van der Waals surface area contributed by atoms with Gasteiger partial charge in [0.05, 0.1) is 17.7 Å². The Labute approximate surface area is 145 Å². The molecule has 1 aromatic rings. The molecule has 24 heavy (non-hydrogen) atoms. The van der Waals surface area contributed by atoms with Crippen molar-refractivity contribution in [3.05, 3.63) is 47.5 Å². The van der Waals surface area contributed by atoms with Crippen molar-refractivity contribution in [2.45, 2.75) is 32.9 Å². The van der Waals surface area contributed by atoms with E-state index in [1.165, 1.54) is 0 Å². The van der Waals surface area contributed by atoms with Crippen molar-refractivity contribution in [3.63, 3.8) is 0 Å². The number of hydrogen-bond acceptors (Lipinski definition) is 5. The predicted molar refractivity (Wildman–Crippen MR) is 94.5 cm³/mol. The van der Waals surface area contributed by atoms with Gasteiger partial charge in [-0.2, -0.15) is 0 Å². The molecule has 0 fully saturated rings. The van der Waals surface area contributed by atoms with Gasteiger partial charge in [-0.1, -0.05) is 18.7 Å². The van der Waals surface area contributed by atoms with E-state index in [0.29, 0.717) is 13.2 Å². The summed E-state index contributed by atoms with van der Waals surface area (Å²) < 4.78 is 15.9. The molecule has 0 N–H and O–H groups in total. The summed E-state index contributed by atoms with van der Waals surface area (Å²) in [5.41, 5.74) is 1.15. The normalized spacial score (nSPS) is 10.5. The van der Waals surface area contributed by atoms with Crippen molar-refractivity contribution in [2.24, 2.45) is 0 Å². The van der Waals surface area contributed by atoms with Gasteiger partial charge in [-0.3, -0.25) is 0 Å². The highest BCUT2D eigenvalue weighted by atomic mass is 28.3. The quantitative estimate of drug-likeness (QED) is 0.279. The van der Waals surface area contributed by atoms with Gasteiger partial charge in [-0.15, -0.1) is 0 Å². The second-order valence-electron chi connectivity index (χ2n) is 5.68. The lowest BCUT2D eigenvalue weighted by atomic mass is 10.1. The average Bonchev–Trinajstić information content (AvgIpc) is 2.55. The lowest BCUT2D eigenvalue weighted by Crippen LogP contribution is -2.15. The first kappa shape index (κ1) is 20.1. The summed E-state index contributed by atoms with van der Waals surface area (Å²) in [6.45, 7) is 10.7. The minimum atomic E-state index is -0.672. The van der Waals surface area contributed by atoms with E-state index in [0.717, 1.165) is 18.4 Å². The van der Waals surface area contributed by atoms with E-state index in [9.17, 15) is 9.59 Å². The number of ether oxygens (including phenoxy) is 2. The first-order chi connectivity index (χ1) is 11.4. The predicted octanol–water partition coefficient (Wildman–Crippen LogP) is 3.62. The third-order valence-corrected chi connectivity index (χ3v) is 3.76. The SMILES string of the molecule is C=C(C)COC(=O)c1ccccc1C(=O)OCCCCO[Si](C)C. The van der Waals surface area contributed by atoms with E-state index in [4.69, 9.17) is 13.9 Å². The summed E-state index contributed by atoms with van der Waals surface area (Å²) in [7, 11) is -0.672. The largest absolute Gasteiger partial charge is 0.462 e. The number of benzene rings is 1. The van der Waals surface area contributed by atoms with Crippen LogP contribution in [0.25, 0.3) is 0 Å². The van der Waals surface area contributed by atoms with Crippen LogP contribution in [0.15, 0.2) is 36.4 Å². The third-order valence-electron chi connectivity index (χ3n) is 2.98. The van der Waals surface area contributed by atoms with Crippen molar-refractivity contribution < 1.29 is 23.5 Å². The van der Waals surface area contributed by atoms with Crippen molar-refractivity contribution in [3.8, 4) is 0 Å². The first-order valence-corrected chi connectivity index (χ1v) is 10.3. The minimum absolute atomic E-state index is 0.125. The van der Waals surface area contributed by atoms with Crippen LogP contribution in [0.4, 0.5) is 0 Å². The molecule has 0 aliphatic rings. The number of rotatable bonds is 10. The Morgan fingerprint density at radius 2 is 1.54 bits per heavy atom. The second kappa shape index (κ2) is 10.8. The molecule has 0 aliphatic heterocycles. The Morgan fingerprint density at radius 3 is 2.08 bits per heavy atom. The Morgan fingerprint density at radius 1 is 1.00 bits per heavy atom. The molecule has 0 bridgehead atoms. The standard InChI is InChI=1S/C18H25O5Si/c1-14(2)13-22-18(20)16-10-6-5-9-15(16)17(19)21-11-7-8-12-23-24(3)4/h5-6,9-10H,1,7-8,11-13H2,2-4H3. The zero-order valence-corrected chi connectivity index (χ0v) is 15.6. The molecule has 6 heteroatoms. The van der Waals surface area contributed by atoms with Crippen LogP contribution < -0.4 is 0 Å². The molecule has 5 nitrogen and oxygen atoms in total. The summed E-state index contributed by atoms with van der Waals surface area (Å²) in [4.78, 5) is 24.2. The van der Waals surface area contributed by atoms with Crippen LogP contribution in [-0.2, 0) is 13.9 Å². The summed E-state index contributed by atoms with van der Waals surface area (Å²) in [5, 5.41) is 0. The van der Waals surface area contributed by atoms with Gasteiger partial charge < -0.3 is 13.9 Å². The highest BCUT2D eigenvalue weighted by Gasteiger charge is 2.18. The van der Waals surface area contributed by atoms with Crippen LogP contribution in [0.5, 0.6) is 0 Å². The molecule has 1 rings (SSSR count). The van der Waals surface area contributed by atoms with E-state index in [1.54, 1.807) is 31.2 Å². The molecule has 0 heterocycles. The van der Waals surface area contributed by atoms with Crippen molar-refractivity contribution >= 4 is 21.0 Å². The number of esters is 2. The number of hydrogen-bond donors (Lipinski definition) is 0. The monoisotopic (exact) mass is 349 g/mol. The van der Waals surface area contributed by atoms with Crippen LogP contribution in [0.1, 0.15) is 40.5 Å². The molecular weight excluding hydrogens is 324 g/mol. The molecule has 0 aromatic heterocycles. The van der Waals surface area contributed by atoms with E-state index in [1.807, 2.05) is 0 Å². The number of carbonyl (C=O) groups is 2. The van der Waals surface area contributed by atoms with Crippen LogP contribution in [0.3, 0.4) is 0 Å². The lowest BCUT2D eigenvalue weighted by Gasteiger charge is -2.10. The molecule has 0 aliphatic carbocycles. The molecule has 131 valence electrons. The summed E-state index contributed by atoms with van der Waals surface area (Å²) in [5.74, 6) is -1.07. The molecule has 0 saturated heterocycles. The molecule has 0 saturated carbocycles. The van der Waals surface area contributed by atoms with E-state index in [2.05, 4.69) is 19.7 Å². The van der Waals surface area contributed by atoms with Crippen LogP contribution in [-0.4, -0.2) is 40.8 Å². The smallest absolute Gasteiger partial charge is 0.339 e. The van der Waals surface area contributed by atoms with Crippen LogP contribution in [0.2, 0.25) is 13.1 Å². The average molecular weight is 349 g/mol. The fourth-order valence-electron chi connectivity index (χ4n) is 1.83. The molecule has 1 aromatic carbocycles. The maximum absolute atomic E-state index is 12.2. The second-order valence-corrected chi connectivity index (χ2v) is 7.78. The van der Waals surface area contributed by atoms with Gasteiger partial charge in [-0.05, 0) is 50.6 Å². The maximum Gasteiger partial charge on any atom is 0.339 e. The Bertz CT molecular complexity index is 568. The zero-order valence-electron chi connectivity index (χ0n) is 14.6. The van der Waals surface area contributed by atoms with E-state index < -0.39 is 21.0 Å². The molecular formula is C18H25O5Si. The van der Waals surface area contributed by atoms with Gasteiger partial charge in [0.1, 0.15) is 6.61 Å². The fraction of sp³-hybridized carbons (Fsp3) is 0.444. The van der Waals surface area contributed by atoms with Gasteiger partial charge in [-0.25, -0.2) is 9.59 Å². The maximum atomic E-state index is 12.2. The molecule has 0 spiro atoms. The highest BCUT2D eigenvalue weighted by molar-refractivity contribution is 6.48. The van der Waals surface area contributed by atoms with Gasteiger partial charge >= 0.3 is 11.9 Å². The summed E-state index contributed by atoms with van der Waals surface area (Å²) in [6, 6.07) is 6.48. The third kappa shape index (κ3) is 7.57. The Kier molecular flexibility index (Phi) is 9.04. The van der Waals surface area contributed by atoms with Crippen molar-refractivity contribution in [1.82, 2.24) is 0 Å². The first-order valence-electron chi connectivity index (χ1n) is 7.92. The molecule has 0 atom stereocenters. The van der Waals surface area contributed by atoms with Gasteiger partial charge in [0.15, 0.2) is 0 Å². The fourth-order valence-corrected chi connectivity index (χ4v) is 2.38. The minimum Gasteiger partial charge on any atom is -0.462 e. The van der Waals surface area contributed by atoms with Gasteiger partial charge in [0, 0.05) is 6.61 Å². The number of unbranched alkanes of at least 4 members (excludes halogenated alkanes) is 1. The number of carbonyl (C=O) groups excluding carboxylic acids is 2. The topological polar surface area (TPSA) is 61.8 Å².